The summed E-state index contributed by atoms with van der Waals surface area (Å²) in [5.41, 5.74) is 8.61. The number of hydroxylamine groups is 1. The number of carbonyl (C=O) groups excluding carboxylic acids is 2. The predicted molar refractivity (Wildman–Crippen MR) is 148 cm³/mol. The summed E-state index contributed by atoms with van der Waals surface area (Å²) in [7, 11) is 0. The molecule has 0 aliphatic heterocycles. The number of nitrogens with zero attached hydrogens (tertiary/aromatic N) is 1. The van der Waals surface area contributed by atoms with E-state index in [9.17, 15) is 9.59 Å². The number of H-pyrrole nitrogens is 2. The van der Waals surface area contributed by atoms with Gasteiger partial charge >= 0.3 is 0 Å². The van der Waals surface area contributed by atoms with Crippen molar-refractivity contribution in [3.8, 4) is 0 Å². The largest absolute Gasteiger partial charge is 0.361 e. The molecule has 0 spiro atoms. The average molecular weight is 505 g/mol. The van der Waals surface area contributed by atoms with Crippen LogP contribution in [-0.4, -0.2) is 38.4 Å². The van der Waals surface area contributed by atoms with Gasteiger partial charge in [0.2, 0.25) is 0 Å². The zero-order chi connectivity index (χ0) is 26.1. The molecule has 4 N–H and O–H groups in total. The maximum Gasteiger partial charge on any atom is 0.270 e. The molecule has 1 unspecified atom stereocenters. The number of rotatable bonds is 7. The molecule has 2 aromatic heterocycles. The van der Waals surface area contributed by atoms with Crippen LogP contribution in [-0.2, 0) is 17.6 Å². The number of carbonyl (C=O) groups is 2. The third-order valence-corrected chi connectivity index (χ3v) is 7.44. The Morgan fingerprint density at radius 2 is 1.84 bits per heavy atom. The van der Waals surface area contributed by atoms with Crippen molar-refractivity contribution in [2.45, 2.75) is 25.3 Å². The molecule has 0 radical (unpaired) electrons. The minimum Gasteiger partial charge on any atom is -0.361 e. The summed E-state index contributed by atoms with van der Waals surface area (Å²) in [5, 5.41) is 10.9. The highest BCUT2D eigenvalue weighted by atomic mass is 16.5. The Morgan fingerprint density at radius 1 is 1.03 bits per heavy atom. The Labute approximate surface area is 219 Å². The van der Waals surface area contributed by atoms with Crippen molar-refractivity contribution in [1.82, 2.24) is 20.3 Å². The minimum atomic E-state index is -0.573. The van der Waals surface area contributed by atoms with E-state index in [1.54, 1.807) is 11.6 Å². The number of benzene rings is 3. The highest BCUT2D eigenvalue weighted by Crippen LogP contribution is 2.38. The fraction of sp³-hybridized carbons (Fsp3) is 0.161. The normalized spacial score (nSPS) is 14.8. The zero-order valence-corrected chi connectivity index (χ0v) is 20.8. The molecule has 1 aliphatic carbocycles. The fourth-order valence-electron chi connectivity index (χ4n) is 5.57. The lowest BCUT2D eigenvalue weighted by Crippen LogP contribution is -2.36. The van der Waals surface area contributed by atoms with Crippen LogP contribution in [0.2, 0.25) is 0 Å². The second kappa shape index (κ2) is 10.0. The Kier molecular flexibility index (Phi) is 6.27. The van der Waals surface area contributed by atoms with Gasteiger partial charge in [-0.2, -0.15) is 0 Å². The number of nitrogens with one attached hydrogen (secondary N) is 3. The number of aromatic amines is 2. The fourth-order valence-corrected chi connectivity index (χ4v) is 5.57. The van der Waals surface area contributed by atoms with Crippen molar-refractivity contribution < 1.29 is 14.8 Å². The van der Waals surface area contributed by atoms with Crippen molar-refractivity contribution >= 4 is 39.7 Å². The standard InChI is InChI=1S/C31H28N4O3/c36-30(34-38)14-10-20-9-12-25-21(17-20)11-13-29(25)35(16-15-23-19-32-27-8-4-2-6-24(23)27)31(37)28-18-22-5-1-3-7-26(22)33-28/h1-10,12,14,17-19,29,32-33,38H,11,13,15-16H2,(H,34,36). The van der Waals surface area contributed by atoms with E-state index in [0.717, 1.165) is 46.8 Å². The first kappa shape index (κ1) is 23.8. The number of amides is 2. The van der Waals surface area contributed by atoms with E-state index in [1.807, 2.05) is 59.6 Å². The van der Waals surface area contributed by atoms with E-state index >= 15 is 0 Å². The molecule has 5 aromatic rings. The van der Waals surface area contributed by atoms with E-state index in [-0.39, 0.29) is 11.9 Å². The lowest BCUT2D eigenvalue weighted by molar-refractivity contribution is -0.124. The lowest BCUT2D eigenvalue weighted by Gasteiger charge is -2.30. The van der Waals surface area contributed by atoms with Gasteiger partial charge in [-0.1, -0.05) is 54.6 Å². The van der Waals surface area contributed by atoms with E-state index in [4.69, 9.17) is 5.21 Å². The first-order valence-electron chi connectivity index (χ1n) is 12.8. The van der Waals surface area contributed by atoms with Crippen molar-refractivity contribution in [2.75, 3.05) is 6.54 Å². The van der Waals surface area contributed by atoms with Gasteiger partial charge in [0.15, 0.2) is 0 Å². The van der Waals surface area contributed by atoms with Crippen molar-refractivity contribution in [2.24, 2.45) is 0 Å². The summed E-state index contributed by atoms with van der Waals surface area (Å²) in [6.45, 7) is 0.582. The van der Waals surface area contributed by atoms with Gasteiger partial charge in [-0.15, -0.1) is 0 Å². The Balaban J connectivity index is 1.32. The van der Waals surface area contributed by atoms with Gasteiger partial charge in [-0.3, -0.25) is 14.8 Å². The van der Waals surface area contributed by atoms with Gasteiger partial charge in [0, 0.05) is 40.6 Å². The molecule has 6 rings (SSSR count). The second-order valence-corrected chi connectivity index (χ2v) is 9.70. The van der Waals surface area contributed by atoms with Gasteiger partial charge in [0.05, 0.1) is 6.04 Å². The van der Waals surface area contributed by atoms with Gasteiger partial charge in [0.1, 0.15) is 5.69 Å². The summed E-state index contributed by atoms with van der Waals surface area (Å²) in [4.78, 5) is 34.1. The average Bonchev–Trinajstić information content (AvgIpc) is 3.68. The summed E-state index contributed by atoms with van der Waals surface area (Å²) in [6.07, 6.45) is 7.42. The molecule has 38 heavy (non-hydrogen) atoms. The van der Waals surface area contributed by atoms with E-state index < -0.39 is 5.91 Å². The number of para-hydroxylation sites is 2. The van der Waals surface area contributed by atoms with Gasteiger partial charge in [-0.25, -0.2) is 5.48 Å². The Bertz CT molecular complexity index is 1650. The molecule has 1 aliphatic rings. The predicted octanol–water partition coefficient (Wildman–Crippen LogP) is 5.54. The first-order valence-corrected chi connectivity index (χ1v) is 12.8. The molecular weight excluding hydrogens is 476 g/mol. The van der Waals surface area contributed by atoms with Crippen LogP contribution in [0.4, 0.5) is 0 Å². The third-order valence-electron chi connectivity index (χ3n) is 7.44. The van der Waals surface area contributed by atoms with Gasteiger partial charge in [-0.05, 0) is 65.8 Å². The SMILES string of the molecule is O=C(C=Cc1ccc2c(c1)CCC2N(CCc1c[nH]c2ccccc12)C(=O)c1cc2ccccc2[nH]1)NO. The van der Waals surface area contributed by atoms with E-state index in [2.05, 4.69) is 34.2 Å². The number of hydrogen-bond donors (Lipinski definition) is 4. The molecule has 190 valence electrons. The maximum absolute atomic E-state index is 14.0. The molecule has 2 amide bonds. The number of hydrogen-bond acceptors (Lipinski definition) is 3. The van der Waals surface area contributed by atoms with Crippen LogP contribution >= 0.6 is 0 Å². The molecule has 0 saturated carbocycles. The maximum atomic E-state index is 14.0. The van der Waals surface area contributed by atoms with Crippen molar-refractivity contribution in [1.29, 1.82) is 0 Å². The summed E-state index contributed by atoms with van der Waals surface area (Å²) in [6, 6.07) is 24.1. The highest BCUT2D eigenvalue weighted by molar-refractivity contribution is 5.98. The molecular formula is C31H28N4O3. The topological polar surface area (TPSA) is 101 Å². The monoisotopic (exact) mass is 504 g/mol. The molecule has 1 atom stereocenters. The van der Waals surface area contributed by atoms with Crippen LogP contribution in [0.25, 0.3) is 27.9 Å². The Hall–Kier alpha value is -4.62. The quantitative estimate of drug-likeness (QED) is 0.133. The van der Waals surface area contributed by atoms with Crippen LogP contribution in [0, 0.1) is 0 Å². The number of aromatic nitrogens is 2. The number of fused-ring (bicyclic) bond motifs is 3. The number of aryl methyl sites for hydroxylation is 1. The van der Waals surface area contributed by atoms with Crippen molar-refractivity contribution in [3.63, 3.8) is 0 Å². The van der Waals surface area contributed by atoms with Gasteiger partial charge in [0.25, 0.3) is 11.8 Å². The van der Waals surface area contributed by atoms with Crippen LogP contribution in [0.15, 0.2) is 85.1 Å². The molecule has 0 fully saturated rings. The van der Waals surface area contributed by atoms with E-state index in [0.29, 0.717) is 12.2 Å². The second-order valence-electron chi connectivity index (χ2n) is 9.70. The van der Waals surface area contributed by atoms with Gasteiger partial charge < -0.3 is 14.9 Å². The van der Waals surface area contributed by atoms with Crippen molar-refractivity contribution in [3.05, 3.63) is 113 Å². The van der Waals surface area contributed by atoms with Crippen LogP contribution < -0.4 is 5.48 Å². The molecule has 2 heterocycles. The Morgan fingerprint density at radius 3 is 2.68 bits per heavy atom. The molecule has 3 aromatic carbocycles. The summed E-state index contributed by atoms with van der Waals surface area (Å²) >= 11 is 0. The van der Waals surface area contributed by atoms with Crippen LogP contribution in [0.1, 0.15) is 45.2 Å². The molecule has 0 saturated heterocycles. The summed E-state index contributed by atoms with van der Waals surface area (Å²) in [5.74, 6) is -0.585. The minimum absolute atomic E-state index is 0.0116. The summed E-state index contributed by atoms with van der Waals surface area (Å²) < 4.78 is 0. The highest BCUT2D eigenvalue weighted by Gasteiger charge is 2.32. The lowest BCUT2D eigenvalue weighted by atomic mass is 10.0. The molecule has 7 heteroatoms. The smallest absolute Gasteiger partial charge is 0.270 e. The van der Waals surface area contributed by atoms with Crippen LogP contribution in [0.3, 0.4) is 0 Å². The zero-order valence-electron chi connectivity index (χ0n) is 20.8. The third kappa shape index (κ3) is 4.48. The van der Waals surface area contributed by atoms with Crippen LogP contribution in [0.5, 0.6) is 0 Å². The first-order chi connectivity index (χ1) is 18.6. The molecule has 0 bridgehead atoms. The molecule has 7 nitrogen and oxygen atoms in total. The van der Waals surface area contributed by atoms with E-state index in [1.165, 1.54) is 22.6 Å².